The van der Waals surface area contributed by atoms with Crippen LogP contribution in [-0.2, 0) is 6.61 Å². The average Bonchev–Trinajstić information content (AvgIpc) is 2.63. The van der Waals surface area contributed by atoms with Crippen LogP contribution in [0.1, 0.15) is 5.56 Å². The minimum absolute atomic E-state index is 0.0416. The summed E-state index contributed by atoms with van der Waals surface area (Å²) in [5.41, 5.74) is 1.54. The first-order valence-corrected chi connectivity index (χ1v) is 3.96. The minimum Gasteiger partial charge on any atom is -0.495 e. The van der Waals surface area contributed by atoms with Crippen LogP contribution in [0.5, 0.6) is 5.75 Å². The fraction of sp³-hybridized carbons (Fsp3) is 0.222. The molecule has 2 aromatic heterocycles. The molecule has 0 atom stereocenters. The van der Waals surface area contributed by atoms with Gasteiger partial charge >= 0.3 is 0 Å². The molecule has 0 saturated carbocycles. The summed E-state index contributed by atoms with van der Waals surface area (Å²) in [6, 6.07) is 1.87. The lowest BCUT2D eigenvalue weighted by Gasteiger charge is -2.05. The fourth-order valence-corrected chi connectivity index (χ4v) is 1.38. The Morgan fingerprint density at radius 2 is 2.46 bits per heavy atom. The molecule has 4 heteroatoms. The second-order valence-electron chi connectivity index (χ2n) is 2.70. The topological polar surface area (TPSA) is 58.1 Å². The van der Waals surface area contributed by atoms with Gasteiger partial charge in [0.05, 0.1) is 19.9 Å². The standard InChI is InChI=1S/C9H10N2O2/c1-13-8-4-11-9-6(2-3-10-9)7(8)5-12/h2-4,12H,5H2,1H3,(H,10,11). The molecule has 0 aromatic carbocycles. The lowest BCUT2D eigenvalue weighted by atomic mass is 10.2. The van der Waals surface area contributed by atoms with Crippen molar-refractivity contribution in [1.82, 2.24) is 9.97 Å². The highest BCUT2D eigenvalue weighted by atomic mass is 16.5. The zero-order valence-corrected chi connectivity index (χ0v) is 7.24. The SMILES string of the molecule is COc1cnc2[nH]ccc2c1CO. The van der Waals surface area contributed by atoms with Crippen molar-refractivity contribution in [2.45, 2.75) is 6.61 Å². The van der Waals surface area contributed by atoms with Crippen LogP contribution in [0.2, 0.25) is 0 Å². The number of ether oxygens (including phenoxy) is 1. The summed E-state index contributed by atoms with van der Waals surface area (Å²) in [6.45, 7) is -0.0416. The van der Waals surface area contributed by atoms with Crippen LogP contribution in [0, 0.1) is 0 Å². The van der Waals surface area contributed by atoms with E-state index in [9.17, 15) is 0 Å². The monoisotopic (exact) mass is 178 g/mol. The summed E-state index contributed by atoms with van der Waals surface area (Å²) in [4.78, 5) is 7.10. The molecule has 0 saturated heterocycles. The molecular formula is C9H10N2O2. The minimum atomic E-state index is -0.0416. The van der Waals surface area contributed by atoms with E-state index < -0.39 is 0 Å². The van der Waals surface area contributed by atoms with E-state index in [1.807, 2.05) is 6.07 Å². The highest BCUT2D eigenvalue weighted by Gasteiger charge is 2.08. The molecule has 0 fully saturated rings. The van der Waals surface area contributed by atoms with Crippen LogP contribution in [-0.4, -0.2) is 22.2 Å². The van der Waals surface area contributed by atoms with Crippen molar-refractivity contribution < 1.29 is 9.84 Å². The predicted octanol–water partition coefficient (Wildman–Crippen LogP) is 1.06. The normalized spacial score (nSPS) is 10.6. The maximum Gasteiger partial charge on any atom is 0.143 e. The highest BCUT2D eigenvalue weighted by molar-refractivity contribution is 5.81. The van der Waals surface area contributed by atoms with Gasteiger partial charge in [-0.3, -0.25) is 0 Å². The van der Waals surface area contributed by atoms with E-state index >= 15 is 0 Å². The Balaban J connectivity index is 2.74. The summed E-state index contributed by atoms with van der Waals surface area (Å²) < 4.78 is 5.08. The van der Waals surface area contributed by atoms with E-state index in [0.717, 1.165) is 16.6 Å². The number of aromatic nitrogens is 2. The number of H-pyrrole nitrogens is 1. The molecule has 2 N–H and O–H groups in total. The van der Waals surface area contributed by atoms with Gasteiger partial charge in [0.25, 0.3) is 0 Å². The lowest BCUT2D eigenvalue weighted by Crippen LogP contribution is -1.93. The maximum absolute atomic E-state index is 9.14. The molecule has 0 aliphatic carbocycles. The molecule has 2 aromatic rings. The third-order valence-corrected chi connectivity index (χ3v) is 2.04. The highest BCUT2D eigenvalue weighted by Crippen LogP contribution is 2.24. The fourth-order valence-electron chi connectivity index (χ4n) is 1.38. The molecule has 0 unspecified atom stereocenters. The van der Waals surface area contributed by atoms with Gasteiger partial charge in [-0.05, 0) is 6.07 Å². The number of hydrogen-bond acceptors (Lipinski definition) is 3. The molecule has 0 radical (unpaired) electrons. The van der Waals surface area contributed by atoms with Crippen molar-refractivity contribution in [3.05, 3.63) is 24.0 Å². The number of rotatable bonds is 2. The van der Waals surface area contributed by atoms with E-state index in [1.165, 1.54) is 0 Å². The molecule has 0 aliphatic rings. The van der Waals surface area contributed by atoms with Crippen molar-refractivity contribution >= 4 is 11.0 Å². The second kappa shape index (κ2) is 3.06. The van der Waals surface area contributed by atoms with E-state index in [2.05, 4.69) is 9.97 Å². The quantitative estimate of drug-likeness (QED) is 0.723. The smallest absolute Gasteiger partial charge is 0.143 e. The molecule has 68 valence electrons. The largest absolute Gasteiger partial charge is 0.495 e. The molecule has 2 heterocycles. The van der Waals surface area contributed by atoms with E-state index in [0.29, 0.717) is 5.75 Å². The maximum atomic E-state index is 9.14. The van der Waals surface area contributed by atoms with E-state index in [-0.39, 0.29) is 6.61 Å². The van der Waals surface area contributed by atoms with Crippen LogP contribution < -0.4 is 4.74 Å². The van der Waals surface area contributed by atoms with Crippen molar-refractivity contribution in [3.63, 3.8) is 0 Å². The van der Waals surface area contributed by atoms with E-state index in [4.69, 9.17) is 9.84 Å². The first kappa shape index (κ1) is 8.07. The van der Waals surface area contributed by atoms with Gasteiger partial charge in [-0.25, -0.2) is 4.98 Å². The number of aromatic amines is 1. The molecule has 0 aliphatic heterocycles. The average molecular weight is 178 g/mol. The zero-order chi connectivity index (χ0) is 9.26. The predicted molar refractivity (Wildman–Crippen MR) is 48.6 cm³/mol. The number of aliphatic hydroxyl groups is 1. The number of methoxy groups -OCH3 is 1. The third-order valence-electron chi connectivity index (χ3n) is 2.04. The Hall–Kier alpha value is -1.55. The summed E-state index contributed by atoms with van der Waals surface area (Å²) >= 11 is 0. The molecular weight excluding hydrogens is 168 g/mol. The summed E-state index contributed by atoms with van der Waals surface area (Å²) in [5, 5.41) is 10.0. The zero-order valence-electron chi connectivity index (χ0n) is 7.24. The molecule has 0 spiro atoms. The van der Waals surface area contributed by atoms with Gasteiger partial charge in [-0.15, -0.1) is 0 Å². The number of nitrogens with zero attached hydrogens (tertiary/aromatic N) is 1. The van der Waals surface area contributed by atoms with Crippen molar-refractivity contribution in [3.8, 4) is 5.75 Å². The van der Waals surface area contributed by atoms with Crippen LogP contribution in [0.3, 0.4) is 0 Å². The van der Waals surface area contributed by atoms with Crippen LogP contribution in [0.4, 0.5) is 0 Å². The molecule has 0 amide bonds. The first-order valence-electron chi connectivity index (χ1n) is 3.96. The van der Waals surface area contributed by atoms with Crippen molar-refractivity contribution in [1.29, 1.82) is 0 Å². The van der Waals surface area contributed by atoms with E-state index in [1.54, 1.807) is 19.5 Å². The molecule has 2 rings (SSSR count). The number of aliphatic hydroxyl groups excluding tert-OH is 1. The van der Waals surface area contributed by atoms with Gasteiger partial charge in [-0.2, -0.15) is 0 Å². The van der Waals surface area contributed by atoms with Gasteiger partial charge < -0.3 is 14.8 Å². The Bertz CT molecular complexity index is 422. The Morgan fingerprint density at radius 1 is 1.62 bits per heavy atom. The second-order valence-corrected chi connectivity index (χ2v) is 2.70. The Labute approximate surface area is 75.2 Å². The molecule has 13 heavy (non-hydrogen) atoms. The van der Waals surface area contributed by atoms with Gasteiger partial charge in [0.1, 0.15) is 11.4 Å². The van der Waals surface area contributed by atoms with Gasteiger partial charge in [-0.1, -0.05) is 0 Å². The lowest BCUT2D eigenvalue weighted by molar-refractivity contribution is 0.275. The van der Waals surface area contributed by atoms with Gasteiger partial charge in [0.15, 0.2) is 0 Å². The number of fused-ring (bicyclic) bond motifs is 1. The van der Waals surface area contributed by atoms with Crippen molar-refractivity contribution in [2.75, 3.05) is 7.11 Å². The Kier molecular flexibility index (Phi) is 1.90. The molecule has 4 nitrogen and oxygen atoms in total. The molecule has 0 bridgehead atoms. The van der Waals surface area contributed by atoms with Crippen molar-refractivity contribution in [2.24, 2.45) is 0 Å². The van der Waals surface area contributed by atoms with Crippen LogP contribution >= 0.6 is 0 Å². The number of nitrogens with one attached hydrogen (secondary N) is 1. The third kappa shape index (κ3) is 1.15. The van der Waals surface area contributed by atoms with Gasteiger partial charge in [0.2, 0.25) is 0 Å². The van der Waals surface area contributed by atoms with Crippen LogP contribution in [0.25, 0.3) is 11.0 Å². The number of hydrogen-bond donors (Lipinski definition) is 2. The number of pyridine rings is 1. The summed E-state index contributed by atoms with van der Waals surface area (Å²) in [5.74, 6) is 0.620. The van der Waals surface area contributed by atoms with Gasteiger partial charge in [0, 0.05) is 17.1 Å². The van der Waals surface area contributed by atoms with Crippen LogP contribution in [0.15, 0.2) is 18.5 Å². The summed E-state index contributed by atoms with van der Waals surface area (Å²) in [7, 11) is 1.56. The first-order chi connectivity index (χ1) is 6.36. The Morgan fingerprint density at radius 3 is 3.15 bits per heavy atom. The summed E-state index contributed by atoms with van der Waals surface area (Å²) in [6.07, 6.45) is 3.39.